The summed E-state index contributed by atoms with van der Waals surface area (Å²) in [4.78, 5) is 7.49. The Balaban J connectivity index is 1.48. The summed E-state index contributed by atoms with van der Waals surface area (Å²) in [6, 6.07) is 12.4. The number of rotatable bonds is 6. The van der Waals surface area contributed by atoms with Crippen LogP contribution in [0.4, 0.5) is 0 Å². The molecule has 9 heteroatoms. The van der Waals surface area contributed by atoms with E-state index in [0.717, 1.165) is 10.6 Å². The molecule has 0 aliphatic carbocycles. The molecule has 0 aliphatic heterocycles. The number of thiophene rings is 1. The number of benzene rings is 1. The summed E-state index contributed by atoms with van der Waals surface area (Å²) < 4.78 is 9.09. The maximum Gasteiger partial charge on any atom is 0.288 e. The SMILES string of the molecule is C[C@H](c1ccc(-n2cncn2)cc1)N(C)Cn1nc(-c2cccs2)oc1=S. The van der Waals surface area contributed by atoms with Crippen molar-refractivity contribution in [2.75, 3.05) is 7.05 Å². The van der Waals surface area contributed by atoms with E-state index in [1.165, 1.54) is 11.9 Å². The fraction of sp³-hybridized carbons (Fsp3) is 0.222. The first-order chi connectivity index (χ1) is 13.1. The smallest absolute Gasteiger partial charge is 0.288 e. The van der Waals surface area contributed by atoms with Crippen molar-refractivity contribution in [2.24, 2.45) is 0 Å². The summed E-state index contributed by atoms with van der Waals surface area (Å²) in [6.07, 6.45) is 3.21. The van der Waals surface area contributed by atoms with Crippen LogP contribution in [0.25, 0.3) is 16.5 Å². The monoisotopic (exact) mass is 398 g/mol. The second-order valence-electron chi connectivity index (χ2n) is 6.16. The zero-order chi connectivity index (χ0) is 18.8. The Labute approximate surface area is 165 Å². The summed E-state index contributed by atoms with van der Waals surface area (Å²) in [5, 5.41) is 10.6. The highest BCUT2D eigenvalue weighted by Gasteiger charge is 2.15. The Bertz CT molecular complexity index is 1050. The van der Waals surface area contributed by atoms with Crippen molar-refractivity contribution in [3.8, 4) is 16.5 Å². The van der Waals surface area contributed by atoms with E-state index in [9.17, 15) is 0 Å². The maximum absolute atomic E-state index is 5.64. The van der Waals surface area contributed by atoms with Gasteiger partial charge in [0.1, 0.15) is 12.7 Å². The topological polar surface area (TPSA) is 64.9 Å². The maximum atomic E-state index is 5.64. The first-order valence-corrected chi connectivity index (χ1v) is 9.67. The molecule has 138 valence electrons. The molecule has 0 spiro atoms. The highest BCUT2D eigenvalue weighted by atomic mass is 32.1. The van der Waals surface area contributed by atoms with E-state index in [0.29, 0.717) is 17.4 Å². The Morgan fingerprint density at radius 3 is 2.74 bits per heavy atom. The molecule has 0 unspecified atom stereocenters. The summed E-state index contributed by atoms with van der Waals surface area (Å²) in [5.41, 5.74) is 2.17. The molecule has 3 heterocycles. The predicted octanol–water partition coefficient (Wildman–Crippen LogP) is 4.17. The van der Waals surface area contributed by atoms with Gasteiger partial charge < -0.3 is 4.42 Å². The number of hydrogen-bond acceptors (Lipinski definition) is 7. The molecular formula is C18H18N6OS2. The molecule has 0 aliphatic rings. The number of hydrogen-bond donors (Lipinski definition) is 0. The van der Waals surface area contributed by atoms with E-state index in [1.54, 1.807) is 27.0 Å². The van der Waals surface area contributed by atoms with Gasteiger partial charge in [-0.15, -0.1) is 16.4 Å². The standard InChI is InChI=1S/C18H18N6OS2/c1-13(14-5-7-15(8-6-14)23-11-19-10-20-23)22(2)12-24-18(26)25-17(21-24)16-4-3-9-27-16/h3-11,13H,12H2,1-2H3/t13-/m1/s1. The normalized spacial score (nSPS) is 12.6. The molecule has 0 saturated heterocycles. The molecule has 7 nitrogen and oxygen atoms in total. The fourth-order valence-electron chi connectivity index (χ4n) is 2.73. The van der Waals surface area contributed by atoms with E-state index >= 15 is 0 Å². The van der Waals surface area contributed by atoms with Gasteiger partial charge in [0.05, 0.1) is 17.2 Å². The molecule has 0 saturated carbocycles. The highest BCUT2D eigenvalue weighted by Crippen LogP contribution is 2.24. The minimum Gasteiger partial charge on any atom is -0.408 e. The number of nitrogens with zero attached hydrogens (tertiary/aromatic N) is 6. The van der Waals surface area contributed by atoms with E-state index in [2.05, 4.69) is 39.1 Å². The van der Waals surface area contributed by atoms with Crippen molar-refractivity contribution in [2.45, 2.75) is 19.6 Å². The van der Waals surface area contributed by atoms with Crippen LogP contribution in [-0.4, -0.2) is 36.5 Å². The van der Waals surface area contributed by atoms with Crippen LogP contribution in [0.1, 0.15) is 18.5 Å². The van der Waals surface area contributed by atoms with E-state index in [4.69, 9.17) is 16.6 Å². The van der Waals surface area contributed by atoms with Gasteiger partial charge in [-0.3, -0.25) is 4.90 Å². The predicted molar refractivity (Wildman–Crippen MR) is 106 cm³/mol. The molecular weight excluding hydrogens is 380 g/mol. The Morgan fingerprint density at radius 1 is 1.26 bits per heavy atom. The van der Waals surface area contributed by atoms with Crippen LogP contribution >= 0.6 is 23.6 Å². The molecule has 4 rings (SSSR count). The lowest BCUT2D eigenvalue weighted by molar-refractivity contribution is 0.192. The molecule has 1 atom stereocenters. The van der Waals surface area contributed by atoms with Gasteiger partial charge in [-0.2, -0.15) is 5.10 Å². The average Bonchev–Trinajstić information content (AvgIpc) is 3.44. The first kappa shape index (κ1) is 17.8. The van der Waals surface area contributed by atoms with Crippen molar-refractivity contribution in [1.29, 1.82) is 0 Å². The molecule has 0 fully saturated rings. The van der Waals surface area contributed by atoms with E-state index in [1.807, 2.05) is 36.7 Å². The zero-order valence-electron chi connectivity index (χ0n) is 14.9. The van der Waals surface area contributed by atoms with Crippen molar-refractivity contribution in [1.82, 2.24) is 29.4 Å². The van der Waals surface area contributed by atoms with Crippen LogP contribution in [0.15, 0.2) is 58.9 Å². The average molecular weight is 399 g/mol. The Kier molecular flexibility index (Phi) is 4.97. The molecule has 27 heavy (non-hydrogen) atoms. The lowest BCUT2D eigenvalue weighted by Crippen LogP contribution is -2.26. The Hall–Kier alpha value is -2.62. The van der Waals surface area contributed by atoms with Crippen LogP contribution in [-0.2, 0) is 6.67 Å². The van der Waals surface area contributed by atoms with Gasteiger partial charge >= 0.3 is 0 Å². The molecule has 3 aromatic heterocycles. The number of aromatic nitrogens is 5. The molecule has 0 bridgehead atoms. The van der Waals surface area contributed by atoms with Crippen LogP contribution < -0.4 is 0 Å². The third-order valence-corrected chi connectivity index (χ3v) is 5.57. The van der Waals surface area contributed by atoms with Gasteiger partial charge in [0.2, 0.25) is 0 Å². The van der Waals surface area contributed by atoms with Gasteiger partial charge in [0.25, 0.3) is 10.7 Å². The van der Waals surface area contributed by atoms with Gasteiger partial charge in [-0.25, -0.2) is 14.3 Å². The lowest BCUT2D eigenvalue weighted by atomic mass is 10.1. The summed E-state index contributed by atoms with van der Waals surface area (Å²) in [5.74, 6) is 0.563. The van der Waals surface area contributed by atoms with E-state index in [-0.39, 0.29) is 6.04 Å². The Morgan fingerprint density at radius 2 is 2.07 bits per heavy atom. The highest BCUT2D eigenvalue weighted by molar-refractivity contribution is 7.71. The first-order valence-electron chi connectivity index (χ1n) is 8.39. The van der Waals surface area contributed by atoms with Gasteiger partial charge in [0.15, 0.2) is 0 Å². The van der Waals surface area contributed by atoms with Gasteiger partial charge in [0, 0.05) is 6.04 Å². The van der Waals surface area contributed by atoms with Gasteiger partial charge in [-0.1, -0.05) is 18.2 Å². The van der Waals surface area contributed by atoms with Crippen LogP contribution in [0, 0.1) is 4.84 Å². The molecule has 0 amide bonds. The second kappa shape index (κ2) is 7.55. The third-order valence-electron chi connectivity index (χ3n) is 4.42. The van der Waals surface area contributed by atoms with Crippen molar-refractivity contribution in [3.63, 3.8) is 0 Å². The zero-order valence-corrected chi connectivity index (χ0v) is 16.5. The van der Waals surface area contributed by atoms with Crippen molar-refractivity contribution in [3.05, 3.63) is 64.8 Å². The largest absolute Gasteiger partial charge is 0.408 e. The van der Waals surface area contributed by atoms with Gasteiger partial charge in [-0.05, 0) is 55.3 Å². The van der Waals surface area contributed by atoms with Crippen molar-refractivity contribution >= 4 is 23.6 Å². The lowest BCUT2D eigenvalue weighted by Gasteiger charge is -2.24. The second-order valence-corrected chi connectivity index (χ2v) is 7.45. The van der Waals surface area contributed by atoms with Crippen LogP contribution in [0.2, 0.25) is 0 Å². The summed E-state index contributed by atoms with van der Waals surface area (Å²) in [6.45, 7) is 2.69. The minimum atomic E-state index is 0.179. The fourth-order valence-corrected chi connectivity index (χ4v) is 3.55. The quantitative estimate of drug-likeness (QED) is 0.454. The third kappa shape index (κ3) is 3.75. The van der Waals surface area contributed by atoms with Crippen LogP contribution in [0.3, 0.4) is 0 Å². The van der Waals surface area contributed by atoms with Crippen LogP contribution in [0.5, 0.6) is 0 Å². The molecule has 0 N–H and O–H groups in total. The minimum absolute atomic E-state index is 0.179. The van der Waals surface area contributed by atoms with E-state index < -0.39 is 0 Å². The summed E-state index contributed by atoms with van der Waals surface area (Å²) in [7, 11) is 2.04. The summed E-state index contributed by atoms with van der Waals surface area (Å²) >= 11 is 6.91. The van der Waals surface area contributed by atoms with Crippen molar-refractivity contribution < 1.29 is 4.42 Å². The molecule has 0 radical (unpaired) electrons. The molecule has 4 aromatic rings. The molecule has 1 aromatic carbocycles.